The van der Waals surface area contributed by atoms with Gasteiger partial charge < -0.3 is 15.2 Å². The number of hydrogen-bond donors (Lipinski definition) is 2. The van der Waals surface area contributed by atoms with Crippen molar-refractivity contribution in [1.29, 1.82) is 0 Å². The summed E-state index contributed by atoms with van der Waals surface area (Å²) in [5.41, 5.74) is 0. The molecule has 0 aromatic carbocycles. The van der Waals surface area contributed by atoms with Gasteiger partial charge in [-0.15, -0.1) is 6.58 Å². The molecule has 0 fully saturated rings. The van der Waals surface area contributed by atoms with Crippen molar-refractivity contribution in [2.45, 2.75) is 19.1 Å². The van der Waals surface area contributed by atoms with E-state index < -0.39 is 6.10 Å². The minimum atomic E-state index is -0.428. The first-order valence-electron chi connectivity index (χ1n) is 5.87. The van der Waals surface area contributed by atoms with E-state index in [2.05, 4.69) is 17.0 Å². The largest absolute Gasteiger partial charge is 0.390 e. The van der Waals surface area contributed by atoms with Gasteiger partial charge in [-0.3, -0.25) is 4.68 Å². The average Bonchev–Trinajstić information content (AvgIpc) is 2.80. The second kappa shape index (κ2) is 8.92. The zero-order chi connectivity index (χ0) is 12.3. The molecule has 1 unspecified atom stereocenters. The zero-order valence-electron chi connectivity index (χ0n) is 10.1. The van der Waals surface area contributed by atoms with Crippen LogP contribution in [0.4, 0.5) is 0 Å². The second-order valence-corrected chi connectivity index (χ2v) is 3.78. The number of nitrogens with one attached hydrogen (secondary N) is 1. The lowest BCUT2D eigenvalue weighted by Crippen LogP contribution is -2.32. The highest BCUT2D eigenvalue weighted by Gasteiger charge is 2.04. The first-order valence-corrected chi connectivity index (χ1v) is 5.87. The molecule has 0 aliphatic carbocycles. The van der Waals surface area contributed by atoms with E-state index in [4.69, 9.17) is 4.74 Å². The lowest BCUT2D eigenvalue weighted by atomic mass is 10.3. The molecule has 0 aliphatic rings. The van der Waals surface area contributed by atoms with Crippen molar-refractivity contribution in [3.8, 4) is 0 Å². The summed E-state index contributed by atoms with van der Waals surface area (Å²) < 4.78 is 7.04. The smallest absolute Gasteiger partial charge is 0.0860 e. The predicted octanol–water partition coefficient (Wildman–Crippen LogP) is 0.426. The Morgan fingerprint density at radius 3 is 3.12 bits per heavy atom. The zero-order valence-corrected chi connectivity index (χ0v) is 10.1. The molecule has 2 N–H and O–H groups in total. The summed E-state index contributed by atoms with van der Waals surface area (Å²) in [7, 11) is 0. The molecule has 0 aliphatic heterocycles. The van der Waals surface area contributed by atoms with Crippen molar-refractivity contribution in [2.75, 3.05) is 26.3 Å². The fourth-order valence-electron chi connectivity index (χ4n) is 1.37. The third-order valence-corrected chi connectivity index (χ3v) is 2.23. The fraction of sp³-hybridized carbons (Fsp3) is 0.583. The highest BCUT2D eigenvalue weighted by atomic mass is 16.5. The molecule has 1 heterocycles. The van der Waals surface area contributed by atoms with Gasteiger partial charge >= 0.3 is 0 Å². The second-order valence-electron chi connectivity index (χ2n) is 3.78. The molecular weight excluding hydrogens is 218 g/mol. The van der Waals surface area contributed by atoms with Crippen LogP contribution in [0.15, 0.2) is 31.1 Å². The summed E-state index contributed by atoms with van der Waals surface area (Å²) in [5, 5.41) is 16.8. The van der Waals surface area contributed by atoms with Crippen LogP contribution in [0.3, 0.4) is 0 Å². The van der Waals surface area contributed by atoms with Gasteiger partial charge in [-0.05, 0) is 12.5 Å². The van der Waals surface area contributed by atoms with Crippen molar-refractivity contribution in [2.24, 2.45) is 0 Å². The number of aliphatic hydroxyl groups excluding tert-OH is 1. The van der Waals surface area contributed by atoms with E-state index in [1.807, 2.05) is 18.3 Å². The Morgan fingerprint density at radius 2 is 2.41 bits per heavy atom. The molecule has 0 saturated carbocycles. The van der Waals surface area contributed by atoms with Gasteiger partial charge in [0.15, 0.2) is 0 Å². The third kappa shape index (κ3) is 6.88. The maximum Gasteiger partial charge on any atom is 0.0860 e. The summed E-state index contributed by atoms with van der Waals surface area (Å²) in [4.78, 5) is 0. The van der Waals surface area contributed by atoms with Crippen molar-refractivity contribution < 1.29 is 9.84 Å². The first-order chi connectivity index (χ1) is 8.33. The van der Waals surface area contributed by atoms with Gasteiger partial charge in [0, 0.05) is 25.5 Å². The van der Waals surface area contributed by atoms with Crippen LogP contribution < -0.4 is 5.32 Å². The van der Waals surface area contributed by atoms with E-state index in [0.29, 0.717) is 26.3 Å². The molecule has 1 aromatic rings. The molecule has 0 bridgehead atoms. The van der Waals surface area contributed by atoms with Crippen molar-refractivity contribution >= 4 is 0 Å². The molecule has 5 nitrogen and oxygen atoms in total. The molecule has 0 saturated heterocycles. The summed E-state index contributed by atoms with van der Waals surface area (Å²) >= 11 is 0. The topological polar surface area (TPSA) is 59.3 Å². The first kappa shape index (κ1) is 13.9. The summed E-state index contributed by atoms with van der Waals surface area (Å²) in [6.45, 7) is 6.78. The standard InChI is InChI=1S/C12H21N3O2/c1-2-3-8-17-9-6-13-10-12(16)11-15-7-4-5-14-15/h2,4-5,7,12-13,16H,1,3,6,8-11H2. The SMILES string of the molecule is C=CCCOCCNCC(O)Cn1cccn1. The van der Waals surface area contributed by atoms with Gasteiger partial charge in [-0.25, -0.2) is 0 Å². The Hall–Kier alpha value is -1.17. The van der Waals surface area contributed by atoms with Crippen LogP contribution in [0.5, 0.6) is 0 Å². The number of nitrogens with zero attached hydrogens (tertiary/aromatic N) is 2. The van der Waals surface area contributed by atoms with Gasteiger partial charge in [0.25, 0.3) is 0 Å². The number of rotatable bonds is 10. The average molecular weight is 239 g/mol. The Morgan fingerprint density at radius 1 is 1.53 bits per heavy atom. The summed E-state index contributed by atoms with van der Waals surface area (Å²) in [6, 6.07) is 1.84. The van der Waals surface area contributed by atoms with Crippen LogP contribution in [0.25, 0.3) is 0 Å². The number of hydrogen-bond acceptors (Lipinski definition) is 4. The van der Waals surface area contributed by atoms with Crippen molar-refractivity contribution in [1.82, 2.24) is 15.1 Å². The van der Waals surface area contributed by atoms with Crippen LogP contribution >= 0.6 is 0 Å². The van der Waals surface area contributed by atoms with Gasteiger partial charge in [0.1, 0.15) is 0 Å². The number of aliphatic hydroxyl groups is 1. The molecular formula is C12H21N3O2. The van der Waals surface area contributed by atoms with Crippen LogP contribution in [0.2, 0.25) is 0 Å². The van der Waals surface area contributed by atoms with Crippen molar-refractivity contribution in [3.63, 3.8) is 0 Å². The molecule has 1 rings (SSSR count). The molecule has 5 heteroatoms. The van der Waals surface area contributed by atoms with Gasteiger partial charge in [0.2, 0.25) is 0 Å². The van der Waals surface area contributed by atoms with Crippen LogP contribution in [0.1, 0.15) is 6.42 Å². The van der Waals surface area contributed by atoms with E-state index in [-0.39, 0.29) is 0 Å². The van der Waals surface area contributed by atoms with E-state index in [1.54, 1.807) is 10.9 Å². The number of ether oxygens (including phenoxy) is 1. The van der Waals surface area contributed by atoms with Crippen LogP contribution in [0, 0.1) is 0 Å². The monoisotopic (exact) mass is 239 g/mol. The fourth-order valence-corrected chi connectivity index (χ4v) is 1.37. The highest BCUT2D eigenvalue weighted by molar-refractivity contribution is 4.78. The Labute approximate surface area is 102 Å². The van der Waals surface area contributed by atoms with Gasteiger partial charge in [0.05, 0.1) is 25.9 Å². The van der Waals surface area contributed by atoms with Crippen LogP contribution in [-0.2, 0) is 11.3 Å². The minimum absolute atomic E-state index is 0.428. The lowest BCUT2D eigenvalue weighted by Gasteiger charge is -2.11. The Kier molecular flexibility index (Phi) is 7.29. The maximum atomic E-state index is 9.68. The van der Waals surface area contributed by atoms with E-state index in [9.17, 15) is 5.11 Å². The van der Waals surface area contributed by atoms with Crippen molar-refractivity contribution in [3.05, 3.63) is 31.1 Å². The molecule has 0 spiro atoms. The Bertz CT molecular complexity index is 288. The molecule has 1 atom stereocenters. The maximum absolute atomic E-state index is 9.68. The highest BCUT2D eigenvalue weighted by Crippen LogP contribution is 1.89. The third-order valence-electron chi connectivity index (χ3n) is 2.23. The van der Waals surface area contributed by atoms with E-state index >= 15 is 0 Å². The Balaban J connectivity index is 1.93. The molecule has 0 radical (unpaired) electrons. The predicted molar refractivity (Wildman–Crippen MR) is 66.7 cm³/mol. The van der Waals surface area contributed by atoms with Gasteiger partial charge in [-0.1, -0.05) is 6.08 Å². The lowest BCUT2D eigenvalue weighted by molar-refractivity contribution is 0.124. The molecule has 1 aromatic heterocycles. The van der Waals surface area contributed by atoms with E-state index in [0.717, 1.165) is 13.0 Å². The summed E-state index contributed by atoms with van der Waals surface area (Å²) in [5.74, 6) is 0. The van der Waals surface area contributed by atoms with Gasteiger partial charge in [-0.2, -0.15) is 5.10 Å². The minimum Gasteiger partial charge on any atom is -0.390 e. The van der Waals surface area contributed by atoms with Crippen LogP contribution in [-0.4, -0.2) is 47.3 Å². The number of aromatic nitrogens is 2. The van der Waals surface area contributed by atoms with E-state index in [1.165, 1.54) is 0 Å². The molecule has 96 valence electrons. The normalized spacial score (nSPS) is 12.5. The quantitative estimate of drug-likeness (QED) is 0.459. The summed E-state index contributed by atoms with van der Waals surface area (Å²) in [6.07, 6.45) is 5.82. The molecule has 17 heavy (non-hydrogen) atoms. The molecule has 0 amide bonds.